The lowest BCUT2D eigenvalue weighted by Gasteiger charge is -2.24. The maximum absolute atomic E-state index is 12.9. The largest absolute Gasteiger partial charge is 0.490 e. The Morgan fingerprint density at radius 2 is 1.97 bits per heavy atom. The first-order valence-electron chi connectivity index (χ1n) is 10.4. The van der Waals surface area contributed by atoms with Crippen LogP contribution in [0.1, 0.15) is 46.0 Å². The van der Waals surface area contributed by atoms with E-state index < -0.39 is 5.91 Å². The van der Waals surface area contributed by atoms with Crippen molar-refractivity contribution in [1.29, 1.82) is 5.41 Å². The average molecular weight is 413 g/mol. The molecule has 1 amide bonds. The third-order valence-corrected chi connectivity index (χ3v) is 4.76. The van der Waals surface area contributed by atoms with Gasteiger partial charge in [-0.15, -0.1) is 0 Å². The van der Waals surface area contributed by atoms with Crippen molar-refractivity contribution in [3.63, 3.8) is 0 Å². The molecule has 0 bridgehead atoms. The van der Waals surface area contributed by atoms with Gasteiger partial charge >= 0.3 is 0 Å². The number of aldehydes is 1. The van der Waals surface area contributed by atoms with Crippen LogP contribution in [0.25, 0.3) is 0 Å². The molecule has 1 fully saturated rings. The van der Waals surface area contributed by atoms with E-state index in [-0.39, 0.29) is 23.1 Å². The standard InChI is InChI=1S/C23H32N4O3/c1-16(2)30-22-13-21(24)17(14-26-18-8-5-4-6-9-18)12-20(22)23(29)27-19(15-28)10-7-11-25-3/h7,10-16,18,24-26H,4-6,8-9H2,1-3H3,(H,27,29)/b11-7-,17-14-,19-10+,24-21?. The van der Waals surface area contributed by atoms with Crippen LogP contribution in [0.5, 0.6) is 0 Å². The minimum atomic E-state index is -0.464. The molecule has 0 radical (unpaired) electrons. The first-order valence-corrected chi connectivity index (χ1v) is 10.4. The predicted molar refractivity (Wildman–Crippen MR) is 119 cm³/mol. The van der Waals surface area contributed by atoms with E-state index in [2.05, 4.69) is 16.0 Å². The molecule has 0 aromatic rings. The Bertz CT molecular complexity index is 797. The average Bonchev–Trinajstić information content (AvgIpc) is 2.72. The zero-order valence-electron chi connectivity index (χ0n) is 18.0. The molecular weight excluding hydrogens is 380 g/mol. The van der Waals surface area contributed by atoms with E-state index >= 15 is 0 Å². The summed E-state index contributed by atoms with van der Waals surface area (Å²) < 4.78 is 5.76. The van der Waals surface area contributed by atoms with Crippen molar-refractivity contribution in [3.8, 4) is 0 Å². The van der Waals surface area contributed by atoms with E-state index in [4.69, 9.17) is 10.1 Å². The van der Waals surface area contributed by atoms with Crippen LogP contribution in [-0.2, 0) is 14.3 Å². The number of rotatable bonds is 9. The molecule has 2 aliphatic carbocycles. The SMILES string of the molecule is CN/C=C\C=C(/C=O)NC(=O)C1=C/C(=C/NC2CCCCC2)C(=N)C=C1OC(C)C. The summed E-state index contributed by atoms with van der Waals surface area (Å²) in [5, 5.41) is 17.1. The first kappa shape index (κ1) is 23.2. The molecule has 2 rings (SSSR count). The van der Waals surface area contributed by atoms with Crippen molar-refractivity contribution in [2.45, 2.75) is 58.1 Å². The second kappa shape index (κ2) is 11.8. The van der Waals surface area contributed by atoms with E-state index in [0.717, 1.165) is 12.8 Å². The summed E-state index contributed by atoms with van der Waals surface area (Å²) in [4.78, 5) is 24.2. The number of hydrogen-bond acceptors (Lipinski definition) is 6. The smallest absolute Gasteiger partial charge is 0.259 e. The molecule has 7 nitrogen and oxygen atoms in total. The van der Waals surface area contributed by atoms with Gasteiger partial charge in [0.05, 0.1) is 23.1 Å². The number of carbonyl (C=O) groups excluding carboxylic acids is 2. The van der Waals surface area contributed by atoms with Crippen LogP contribution in [0.15, 0.2) is 59.3 Å². The van der Waals surface area contributed by atoms with E-state index in [0.29, 0.717) is 23.7 Å². The number of ether oxygens (including phenoxy) is 1. The van der Waals surface area contributed by atoms with Gasteiger partial charge in [0, 0.05) is 30.9 Å². The molecule has 2 aliphatic rings. The minimum Gasteiger partial charge on any atom is -0.490 e. The zero-order valence-corrected chi connectivity index (χ0v) is 18.0. The molecule has 4 N–H and O–H groups in total. The van der Waals surface area contributed by atoms with Gasteiger partial charge < -0.3 is 26.1 Å². The zero-order chi connectivity index (χ0) is 21.9. The molecule has 0 spiro atoms. The highest BCUT2D eigenvalue weighted by Gasteiger charge is 2.24. The van der Waals surface area contributed by atoms with Gasteiger partial charge in [0.25, 0.3) is 5.91 Å². The Balaban J connectivity index is 2.24. The van der Waals surface area contributed by atoms with Gasteiger partial charge in [-0.2, -0.15) is 0 Å². The monoisotopic (exact) mass is 412 g/mol. The molecule has 0 aliphatic heterocycles. The Labute approximate surface area is 178 Å². The quantitative estimate of drug-likeness (QED) is 0.265. The maximum Gasteiger partial charge on any atom is 0.259 e. The highest BCUT2D eigenvalue weighted by atomic mass is 16.5. The summed E-state index contributed by atoms with van der Waals surface area (Å²) in [5.74, 6) is -0.146. The van der Waals surface area contributed by atoms with Crippen LogP contribution in [0.4, 0.5) is 0 Å². The second-order valence-corrected chi connectivity index (χ2v) is 7.59. The predicted octanol–water partition coefficient (Wildman–Crippen LogP) is 2.99. The number of nitrogens with one attached hydrogen (secondary N) is 4. The number of carbonyl (C=O) groups is 2. The molecule has 1 saturated carbocycles. The van der Waals surface area contributed by atoms with Crippen LogP contribution >= 0.6 is 0 Å². The third kappa shape index (κ3) is 7.06. The van der Waals surface area contributed by atoms with Crippen molar-refractivity contribution < 1.29 is 14.3 Å². The van der Waals surface area contributed by atoms with Gasteiger partial charge in [0.1, 0.15) is 5.76 Å². The Morgan fingerprint density at radius 1 is 1.23 bits per heavy atom. The molecule has 0 heterocycles. The summed E-state index contributed by atoms with van der Waals surface area (Å²) in [6.07, 6.45) is 16.1. The van der Waals surface area contributed by atoms with E-state index in [1.54, 1.807) is 37.7 Å². The normalized spacial score (nSPS) is 19.5. The van der Waals surface area contributed by atoms with Crippen molar-refractivity contribution in [1.82, 2.24) is 16.0 Å². The molecule has 0 atom stereocenters. The summed E-state index contributed by atoms with van der Waals surface area (Å²) in [7, 11) is 1.74. The molecule has 30 heavy (non-hydrogen) atoms. The fourth-order valence-electron chi connectivity index (χ4n) is 3.28. The van der Waals surface area contributed by atoms with Gasteiger partial charge in [0.15, 0.2) is 6.29 Å². The molecule has 162 valence electrons. The second-order valence-electron chi connectivity index (χ2n) is 7.59. The Hall–Kier alpha value is -3.09. The summed E-state index contributed by atoms with van der Waals surface area (Å²) in [5.41, 5.74) is 1.28. The maximum atomic E-state index is 12.9. The van der Waals surface area contributed by atoms with Crippen LogP contribution < -0.4 is 16.0 Å². The van der Waals surface area contributed by atoms with Gasteiger partial charge in [-0.3, -0.25) is 9.59 Å². The topological polar surface area (TPSA) is 103 Å². The fraction of sp³-hybridized carbons (Fsp3) is 0.435. The van der Waals surface area contributed by atoms with Gasteiger partial charge in [-0.05, 0) is 51.1 Å². The van der Waals surface area contributed by atoms with Crippen LogP contribution in [0.3, 0.4) is 0 Å². The highest BCUT2D eigenvalue weighted by Crippen LogP contribution is 2.24. The van der Waals surface area contributed by atoms with E-state index in [9.17, 15) is 9.59 Å². The summed E-state index contributed by atoms with van der Waals surface area (Å²) in [6.45, 7) is 3.71. The van der Waals surface area contributed by atoms with Gasteiger partial charge in [-0.1, -0.05) is 19.3 Å². The van der Waals surface area contributed by atoms with Crippen molar-refractivity contribution in [3.05, 3.63) is 59.3 Å². The molecular formula is C23H32N4O3. The Kier molecular flexibility index (Phi) is 9.12. The highest BCUT2D eigenvalue weighted by molar-refractivity contribution is 6.14. The van der Waals surface area contributed by atoms with Gasteiger partial charge in [-0.25, -0.2) is 0 Å². The molecule has 0 saturated heterocycles. The lowest BCUT2D eigenvalue weighted by atomic mass is 9.95. The fourth-order valence-corrected chi connectivity index (χ4v) is 3.28. The first-order chi connectivity index (χ1) is 14.4. The lowest BCUT2D eigenvalue weighted by Crippen LogP contribution is -2.30. The lowest BCUT2D eigenvalue weighted by molar-refractivity contribution is -0.118. The number of amides is 1. The van der Waals surface area contributed by atoms with Crippen LogP contribution in [0, 0.1) is 5.41 Å². The minimum absolute atomic E-state index is 0.128. The molecule has 0 aromatic heterocycles. The number of hydrogen-bond donors (Lipinski definition) is 4. The molecule has 7 heteroatoms. The third-order valence-electron chi connectivity index (χ3n) is 4.76. The van der Waals surface area contributed by atoms with Gasteiger partial charge in [0.2, 0.25) is 0 Å². The van der Waals surface area contributed by atoms with Crippen LogP contribution in [-0.4, -0.2) is 37.1 Å². The number of allylic oxidation sites excluding steroid dienone is 6. The van der Waals surface area contributed by atoms with Crippen molar-refractivity contribution in [2.75, 3.05) is 7.05 Å². The summed E-state index contributed by atoms with van der Waals surface area (Å²) >= 11 is 0. The summed E-state index contributed by atoms with van der Waals surface area (Å²) in [6, 6.07) is 0.394. The van der Waals surface area contributed by atoms with Crippen molar-refractivity contribution >= 4 is 17.9 Å². The van der Waals surface area contributed by atoms with E-state index in [1.165, 1.54) is 25.3 Å². The van der Waals surface area contributed by atoms with Crippen molar-refractivity contribution in [2.24, 2.45) is 0 Å². The Morgan fingerprint density at radius 3 is 2.60 bits per heavy atom. The molecule has 0 aromatic carbocycles. The van der Waals surface area contributed by atoms with E-state index in [1.807, 2.05) is 13.8 Å². The molecule has 0 unspecified atom stereocenters. The van der Waals surface area contributed by atoms with Crippen LogP contribution in [0.2, 0.25) is 0 Å².